The van der Waals surface area contributed by atoms with Gasteiger partial charge in [0, 0.05) is 31.4 Å². The van der Waals surface area contributed by atoms with Gasteiger partial charge in [0.1, 0.15) is 0 Å². The van der Waals surface area contributed by atoms with Crippen LogP contribution in [0.4, 0.5) is 10.7 Å². The molecule has 2 heterocycles. The maximum Gasteiger partial charge on any atom is 0.324 e. The minimum atomic E-state index is -3.56. The Morgan fingerprint density at radius 2 is 1.96 bits per heavy atom. The summed E-state index contributed by atoms with van der Waals surface area (Å²) >= 11 is 0.835. The lowest BCUT2D eigenvalue weighted by Crippen LogP contribution is -2.30. The summed E-state index contributed by atoms with van der Waals surface area (Å²) in [5.41, 5.74) is 1.43. The highest BCUT2D eigenvalue weighted by atomic mass is 32.2. The number of fused-ring (bicyclic) bond motifs is 1. The van der Waals surface area contributed by atoms with Crippen molar-refractivity contribution in [3.05, 3.63) is 50.9 Å². The number of hydrogen-bond acceptors (Lipinski definition) is 6. The zero-order valence-electron chi connectivity index (χ0n) is 14.9. The van der Waals surface area contributed by atoms with Crippen LogP contribution in [0.25, 0.3) is 0 Å². The van der Waals surface area contributed by atoms with Crippen molar-refractivity contribution in [1.82, 2.24) is 4.31 Å². The average molecular weight is 409 g/mol. The van der Waals surface area contributed by atoms with Crippen LogP contribution < -0.4 is 4.90 Å². The van der Waals surface area contributed by atoms with Gasteiger partial charge in [-0.25, -0.2) is 8.42 Å². The number of nitro groups is 1. The van der Waals surface area contributed by atoms with Crippen molar-refractivity contribution in [2.75, 3.05) is 24.5 Å². The second-order valence-corrected chi connectivity index (χ2v) is 8.98. The van der Waals surface area contributed by atoms with Crippen LogP contribution in [-0.4, -0.2) is 43.2 Å². The van der Waals surface area contributed by atoms with Gasteiger partial charge in [0.15, 0.2) is 0 Å². The topological polar surface area (TPSA) is 101 Å². The molecule has 1 amide bonds. The van der Waals surface area contributed by atoms with E-state index in [-0.39, 0.29) is 20.7 Å². The van der Waals surface area contributed by atoms with E-state index in [2.05, 4.69) is 0 Å². The fraction of sp³-hybridized carbons (Fsp3) is 0.353. The quantitative estimate of drug-likeness (QED) is 0.539. The summed E-state index contributed by atoms with van der Waals surface area (Å²) < 4.78 is 26.7. The fourth-order valence-electron chi connectivity index (χ4n) is 3.14. The van der Waals surface area contributed by atoms with E-state index in [1.54, 1.807) is 30.9 Å². The summed E-state index contributed by atoms with van der Waals surface area (Å²) in [6, 6.07) is 7.53. The monoisotopic (exact) mass is 409 g/mol. The Kier molecular flexibility index (Phi) is 5.31. The van der Waals surface area contributed by atoms with Crippen LogP contribution in [0.15, 0.2) is 35.2 Å². The Hall–Kier alpha value is -2.30. The van der Waals surface area contributed by atoms with Crippen molar-refractivity contribution < 1.29 is 18.1 Å². The average Bonchev–Trinajstić information content (AvgIpc) is 3.29. The molecule has 27 heavy (non-hydrogen) atoms. The number of hydrogen-bond donors (Lipinski definition) is 0. The zero-order chi connectivity index (χ0) is 19.8. The third-order valence-electron chi connectivity index (χ3n) is 4.52. The molecule has 0 saturated carbocycles. The van der Waals surface area contributed by atoms with Crippen molar-refractivity contribution in [2.24, 2.45) is 0 Å². The molecule has 0 radical (unpaired) electrons. The lowest BCUT2D eigenvalue weighted by Gasteiger charge is -2.20. The molecule has 1 aliphatic heterocycles. The Labute approximate surface area is 161 Å². The van der Waals surface area contributed by atoms with Gasteiger partial charge in [-0.3, -0.25) is 14.9 Å². The summed E-state index contributed by atoms with van der Waals surface area (Å²) in [5, 5.41) is 10.7. The number of amides is 1. The highest BCUT2D eigenvalue weighted by molar-refractivity contribution is 7.89. The van der Waals surface area contributed by atoms with Crippen LogP contribution in [0.1, 0.15) is 29.1 Å². The van der Waals surface area contributed by atoms with Crippen LogP contribution >= 0.6 is 11.3 Å². The molecule has 0 atom stereocenters. The molecule has 0 spiro atoms. The summed E-state index contributed by atoms with van der Waals surface area (Å²) in [6.07, 6.45) is 0.538. The number of carbonyl (C=O) groups is 1. The molecule has 1 aliphatic rings. The second-order valence-electron chi connectivity index (χ2n) is 5.98. The summed E-state index contributed by atoms with van der Waals surface area (Å²) in [5.74, 6) is -0.314. The number of sulfonamides is 1. The van der Waals surface area contributed by atoms with Gasteiger partial charge in [-0.15, -0.1) is 0 Å². The van der Waals surface area contributed by atoms with E-state index in [9.17, 15) is 23.3 Å². The molecule has 0 bridgehead atoms. The van der Waals surface area contributed by atoms with Crippen molar-refractivity contribution in [2.45, 2.75) is 25.2 Å². The van der Waals surface area contributed by atoms with E-state index in [1.165, 1.54) is 22.5 Å². The summed E-state index contributed by atoms with van der Waals surface area (Å²) in [6.45, 7) is 4.76. The van der Waals surface area contributed by atoms with Gasteiger partial charge >= 0.3 is 5.00 Å². The Morgan fingerprint density at radius 1 is 1.26 bits per heavy atom. The number of carbonyl (C=O) groups excluding carboxylic acids is 1. The first-order valence-electron chi connectivity index (χ1n) is 8.48. The largest absolute Gasteiger partial charge is 0.324 e. The molecule has 0 aliphatic carbocycles. The molecule has 0 N–H and O–H groups in total. The number of anilines is 1. The highest BCUT2D eigenvalue weighted by Gasteiger charge is 2.30. The van der Waals surface area contributed by atoms with Crippen molar-refractivity contribution in [3.8, 4) is 0 Å². The van der Waals surface area contributed by atoms with Gasteiger partial charge in [-0.1, -0.05) is 25.2 Å². The number of nitrogens with zero attached hydrogens (tertiary/aromatic N) is 3. The standard InChI is InChI=1S/C17H19N3O5S2/c1-3-18(4-2)27(24,25)13-5-6-14-12(11-13)9-10-19(14)17(21)15-7-8-16(26-15)20(22)23/h5-8,11H,3-4,9-10H2,1-2H3. The summed E-state index contributed by atoms with van der Waals surface area (Å²) in [7, 11) is -3.56. The van der Waals surface area contributed by atoms with E-state index in [4.69, 9.17) is 0 Å². The number of benzene rings is 1. The molecule has 1 aromatic carbocycles. The predicted molar refractivity (Wildman–Crippen MR) is 103 cm³/mol. The molecule has 0 saturated heterocycles. The third kappa shape index (κ3) is 3.47. The van der Waals surface area contributed by atoms with Crippen LogP contribution in [0.2, 0.25) is 0 Å². The molecule has 2 aromatic rings. The highest BCUT2D eigenvalue weighted by Crippen LogP contribution is 2.34. The first-order valence-corrected chi connectivity index (χ1v) is 10.7. The number of rotatable bonds is 6. The minimum absolute atomic E-state index is 0.0848. The normalized spacial score (nSPS) is 13.8. The van der Waals surface area contributed by atoms with Crippen molar-refractivity contribution in [1.29, 1.82) is 0 Å². The SMILES string of the molecule is CCN(CC)S(=O)(=O)c1ccc2c(c1)CCN2C(=O)c1ccc([N+](=O)[O-])s1. The Morgan fingerprint density at radius 3 is 2.56 bits per heavy atom. The van der Waals surface area contributed by atoms with E-state index in [0.717, 1.165) is 16.9 Å². The lowest BCUT2D eigenvalue weighted by atomic mass is 10.2. The molecule has 8 nitrogen and oxygen atoms in total. The zero-order valence-corrected chi connectivity index (χ0v) is 16.5. The molecule has 0 unspecified atom stereocenters. The minimum Gasteiger partial charge on any atom is -0.307 e. The van der Waals surface area contributed by atoms with Gasteiger partial charge in [0.25, 0.3) is 5.91 Å². The van der Waals surface area contributed by atoms with Crippen molar-refractivity contribution >= 4 is 38.0 Å². The van der Waals surface area contributed by atoms with Gasteiger partial charge in [-0.2, -0.15) is 4.31 Å². The maximum absolute atomic E-state index is 12.7. The van der Waals surface area contributed by atoms with E-state index < -0.39 is 14.9 Å². The molecule has 3 rings (SSSR count). The first kappa shape index (κ1) is 19.5. The van der Waals surface area contributed by atoms with Gasteiger partial charge < -0.3 is 4.90 Å². The molecular weight excluding hydrogens is 390 g/mol. The van der Waals surface area contributed by atoms with E-state index >= 15 is 0 Å². The molecular formula is C17H19N3O5S2. The summed E-state index contributed by atoms with van der Waals surface area (Å²) in [4.78, 5) is 25.1. The van der Waals surface area contributed by atoms with Crippen LogP contribution in [-0.2, 0) is 16.4 Å². The lowest BCUT2D eigenvalue weighted by molar-refractivity contribution is -0.380. The Bertz CT molecular complexity index is 996. The van der Waals surface area contributed by atoms with Crippen LogP contribution in [0.5, 0.6) is 0 Å². The predicted octanol–water partition coefficient (Wildman–Crippen LogP) is 2.89. The molecule has 1 aromatic heterocycles. The van der Waals surface area contributed by atoms with Crippen molar-refractivity contribution in [3.63, 3.8) is 0 Å². The third-order valence-corrected chi connectivity index (χ3v) is 7.59. The van der Waals surface area contributed by atoms with E-state index in [1.807, 2.05) is 0 Å². The smallest absolute Gasteiger partial charge is 0.307 e. The molecule has 144 valence electrons. The second kappa shape index (κ2) is 7.37. The molecule has 0 fully saturated rings. The van der Waals surface area contributed by atoms with Gasteiger partial charge in [0.2, 0.25) is 10.0 Å². The fourth-order valence-corrected chi connectivity index (χ4v) is 5.41. The van der Waals surface area contributed by atoms with Gasteiger partial charge in [0.05, 0.1) is 14.7 Å². The van der Waals surface area contributed by atoms with Gasteiger partial charge in [-0.05, 0) is 36.2 Å². The van der Waals surface area contributed by atoms with Crippen LogP contribution in [0.3, 0.4) is 0 Å². The maximum atomic E-state index is 12.7. The number of thiophene rings is 1. The van der Waals surface area contributed by atoms with E-state index in [0.29, 0.717) is 31.7 Å². The Balaban J connectivity index is 1.90. The first-order chi connectivity index (χ1) is 12.8. The van der Waals surface area contributed by atoms with Crippen LogP contribution in [0, 0.1) is 10.1 Å². The molecule has 10 heteroatoms.